The summed E-state index contributed by atoms with van der Waals surface area (Å²) in [5.41, 5.74) is 0.0987. The van der Waals surface area contributed by atoms with E-state index in [1.807, 2.05) is 13.8 Å². The summed E-state index contributed by atoms with van der Waals surface area (Å²) in [5, 5.41) is 2.32. The Kier molecular flexibility index (Phi) is 5.83. The van der Waals surface area contributed by atoms with Gasteiger partial charge in [-0.3, -0.25) is 4.79 Å². The molecule has 9 heteroatoms. The molecular formula is C19H19F4N3O2. The number of carbonyl (C=O) groups excluding carboxylic acids is 1. The number of aromatic nitrogens is 1. The van der Waals surface area contributed by atoms with Gasteiger partial charge in [0.1, 0.15) is 5.69 Å². The predicted octanol–water partition coefficient (Wildman–Crippen LogP) is 3.50. The van der Waals surface area contributed by atoms with Crippen molar-refractivity contribution in [3.8, 4) is 0 Å². The molecule has 0 aliphatic carbocycles. The third kappa shape index (κ3) is 4.24. The molecule has 3 rings (SSSR count). The zero-order valence-electron chi connectivity index (χ0n) is 15.3. The topological polar surface area (TPSA) is 54.5 Å². The van der Waals surface area contributed by atoms with Crippen molar-refractivity contribution in [3.05, 3.63) is 58.9 Å². The van der Waals surface area contributed by atoms with E-state index in [1.165, 1.54) is 0 Å². The Morgan fingerprint density at radius 2 is 1.61 bits per heavy atom. The quantitative estimate of drug-likeness (QED) is 0.634. The van der Waals surface area contributed by atoms with Crippen LogP contribution in [0.2, 0.25) is 0 Å². The number of carbonyl (C=O) groups is 1. The van der Waals surface area contributed by atoms with Gasteiger partial charge in [0.25, 0.3) is 17.8 Å². The van der Waals surface area contributed by atoms with Crippen LogP contribution >= 0.6 is 0 Å². The van der Waals surface area contributed by atoms with Crippen LogP contribution in [0.3, 0.4) is 0 Å². The summed E-state index contributed by atoms with van der Waals surface area (Å²) >= 11 is 0. The predicted molar refractivity (Wildman–Crippen MR) is 93.8 cm³/mol. The van der Waals surface area contributed by atoms with Gasteiger partial charge in [-0.15, -0.1) is 0 Å². The second kappa shape index (κ2) is 8.14. The standard InChI is InChI=1S/C19H19F4N3O2/c1-10-8-26(9-11(2)28-10)19(27)13-5-3-12(4-6-13)7-24-16-14(20)17(22)25-18(23)15(16)21/h3-6,10-11H,7-9H2,1-2H3,(H,24,25). The number of nitrogens with one attached hydrogen (secondary N) is 1. The van der Waals surface area contributed by atoms with Crippen LogP contribution in [0.1, 0.15) is 29.8 Å². The van der Waals surface area contributed by atoms with E-state index < -0.39 is 29.2 Å². The lowest BCUT2D eigenvalue weighted by Crippen LogP contribution is -2.48. The van der Waals surface area contributed by atoms with E-state index in [4.69, 9.17) is 4.74 Å². The highest BCUT2D eigenvalue weighted by atomic mass is 19.2. The van der Waals surface area contributed by atoms with Crippen LogP contribution in [0.25, 0.3) is 0 Å². The number of ether oxygens (including phenoxy) is 1. The highest BCUT2D eigenvalue weighted by molar-refractivity contribution is 5.94. The molecule has 0 radical (unpaired) electrons. The normalized spacial score (nSPS) is 19.6. The average Bonchev–Trinajstić information content (AvgIpc) is 2.65. The highest BCUT2D eigenvalue weighted by Crippen LogP contribution is 2.23. The largest absolute Gasteiger partial charge is 0.376 e. The molecule has 1 fully saturated rings. The van der Waals surface area contributed by atoms with Gasteiger partial charge in [0.15, 0.2) is 0 Å². The van der Waals surface area contributed by atoms with Crippen LogP contribution < -0.4 is 5.32 Å². The molecule has 1 aliphatic rings. The number of pyridine rings is 1. The molecule has 150 valence electrons. The van der Waals surface area contributed by atoms with Crippen molar-refractivity contribution in [1.29, 1.82) is 0 Å². The summed E-state index contributed by atoms with van der Waals surface area (Å²) < 4.78 is 59.1. The van der Waals surface area contributed by atoms with Crippen molar-refractivity contribution in [2.75, 3.05) is 18.4 Å². The van der Waals surface area contributed by atoms with Crippen molar-refractivity contribution in [1.82, 2.24) is 9.88 Å². The second-order valence-corrected chi connectivity index (χ2v) is 6.71. The summed E-state index contributed by atoms with van der Waals surface area (Å²) in [7, 11) is 0. The van der Waals surface area contributed by atoms with Gasteiger partial charge in [0.05, 0.1) is 12.2 Å². The smallest absolute Gasteiger partial charge is 0.254 e. The monoisotopic (exact) mass is 397 g/mol. The maximum atomic E-state index is 13.6. The molecule has 5 nitrogen and oxygen atoms in total. The number of benzene rings is 1. The van der Waals surface area contributed by atoms with Gasteiger partial charge in [0, 0.05) is 25.2 Å². The molecule has 0 bridgehead atoms. The van der Waals surface area contributed by atoms with E-state index in [2.05, 4.69) is 10.3 Å². The molecule has 2 atom stereocenters. The van der Waals surface area contributed by atoms with Gasteiger partial charge >= 0.3 is 0 Å². The molecule has 1 amide bonds. The first kappa shape index (κ1) is 20.1. The Hall–Kier alpha value is -2.68. The van der Waals surface area contributed by atoms with E-state index in [1.54, 1.807) is 29.2 Å². The van der Waals surface area contributed by atoms with Gasteiger partial charge in [-0.2, -0.15) is 22.5 Å². The Morgan fingerprint density at radius 3 is 2.14 bits per heavy atom. The summed E-state index contributed by atoms with van der Waals surface area (Å²) in [6.07, 6.45) is -0.107. The fourth-order valence-electron chi connectivity index (χ4n) is 3.12. The van der Waals surface area contributed by atoms with Crippen LogP contribution in [0.4, 0.5) is 23.2 Å². The number of hydrogen-bond donors (Lipinski definition) is 1. The van der Waals surface area contributed by atoms with Gasteiger partial charge < -0.3 is 15.0 Å². The zero-order chi connectivity index (χ0) is 20.4. The minimum atomic E-state index is -1.73. The van der Waals surface area contributed by atoms with Crippen LogP contribution in [-0.2, 0) is 11.3 Å². The lowest BCUT2D eigenvalue weighted by molar-refractivity contribution is -0.0586. The molecule has 1 aromatic heterocycles. The zero-order valence-corrected chi connectivity index (χ0v) is 15.3. The average molecular weight is 397 g/mol. The van der Waals surface area contributed by atoms with E-state index in [-0.39, 0.29) is 24.7 Å². The SMILES string of the molecule is CC1CN(C(=O)c2ccc(CNc3c(F)c(F)nc(F)c3F)cc2)CC(C)O1. The van der Waals surface area contributed by atoms with Crippen LogP contribution in [0.5, 0.6) is 0 Å². The Balaban J connectivity index is 1.68. The maximum Gasteiger partial charge on any atom is 0.254 e. The molecule has 1 aliphatic heterocycles. The van der Waals surface area contributed by atoms with Gasteiger partial charge in [-0.1, -0.05) is 12.1 Å². The lowest BCUT2D eigenvalue weighted by atomic mass is 10.1. The Labute approximate surface area is 159 Å². The lowest BCUT2D eigenvalue weighted by Gasteiger charge is -2.35. The van der Waals surface area contributed by atoms with Crippen molar-refractivity contribution < 1.29 is 27.1 Å². The number of halogens is 4. The van der Waals surface area contributed by atoms with Crippen molar-refractivity contribution in [3.63, 3.8) is 0 Å². The van der Waals surface area contributed by atoms with Gasteiger partial charge in [-0.05, 0) is 31.5 Å². The number of hydrogen-bond acceptors (Lipinski definition) is 4. The van der Waals surface area contributed by atoms with E-state index in [0.29, 0.717) is 24.2 Å². The minimum Gasteiger partial charge on any atom is -0.376 e. The second-order valence-electron chi connectivity index (χ2n) is 6.71. The number of nitrogens with zero attached hydrogens (tertiary/aromatic N) is 2. The third-order valence-electron chi connectivity index (χ3n) is 4.37. The Morgan fingerprint density at radius 1 is 1.07 bits per heavy atom. The van der Waals surface area contributed by atoms with E-state index >= 15 is 0 Å². The number of anilines is 1. The van der Waals surface area contributed by atoms with Crippen molar-refractivity contribution in [2.45, 2.75) is 32.6 Å². The Bertz CT molecular complexity index is 840. The molecule has 0 saturated carbocycles. The third-order valence-corrected chi connectivity index (χ3v) is 4.37. The summed E-state index contributed by atoms with van der Waals surface area (Å²) in [6, 6.07) is 6.36. The number of morpholine rings is 1. The molecular weight excluding hydrogens is 378 g/mol. The molecule has 1 aromatic carbocycles. The van der Waals surface area contributed by atoms with Crippen LogP contribution in [0.15, 0.2) is 24.3 Å². The van der Waals surface area contributed by atoms with Crippen LogP contribution in [-0.4, -0.2) is 41.1 Å². The van der Waals surface area contributed by atoms with Gasteiger partial charge in [-0.25, -0.2) is 0 Å². The summed E-state index contributed by atoms with van der Waals surface area (Å²) in [5.74, 6) is -6.79. The summed E-state index contributed by atoms with van der Waals surface area (Å²) in [4.78, 5) is 16.8. The highest BCUT2D eigenvalue weighted by Gasteiger charge is 2.26. The first-order valence-corrected chi connectivity index (χ1v) is 8.73. The molecule has 2 unspecified atom stereocenters. The number of amides is 1. The summed E-state index contributed by atoms with van der Waals surface area (Å²) in [6.45, 7) is 4.67. The first-order chi connectivity index (χ1) is 13.3. The van der Waals surface area contributed by atoms with Crippen molar-refractivity contribution >= 4 is 11.6 Å². The molecule has 1 N–H and O–H groups in total. The molecule has 1 saturated heterocycles. The molecule has 2 heterocycles. The fourth-order valence-corrected chi connectivity index (χ4v) is 3.12. The molecule has 2 aromatic rings. The number of rotatable bonds is 4. The van der Waals surface area contributed by atoms with Gasteiger partial charge in [0.2, 0.25) is 11.6 Å². The molecule has 28 heavy (non-hydrogen) atoms. The van der Waals surface area contributed by atoms with E-state index in [9.17, 15) is 22.4 Å². The van der Waals surface area contributed by atoms with E-state index in [0.717, 1.165) is 0 Å². The first-order valence-electron chi connectivity index (χ1n) is 8.73. The molecule has 0 spiro atoms. The van der Waals surface area contributed by atoms with Crippen LogP contribution in [0, 0.1) is 23.5 Å². The maximum absolute atomic E-state index is 13.6. The van der Waals surface area contributed by atoms with Crippen molar-refractivity contribution in [2.24, 2.45) is 0 Å². The fraction of sp³-hybridized carbons (Fsp3) is 0.368. The minimum absolute atomic E-state index is 0.0536.